The number of thiophene rings is 1. The molecule has 0 spiro atoms. The zero-order chi connectivity index (χ0) is 14.0. The summed E-state index contributed by atoms with van der Waals surface area (Å²) < 4.78 is 3.64. The van der Waals surface area contributed by atoms with Crippen molar-refractivity contribution in [2.75, 3.05) is 0 Å². The standard InChI is InChI=1S/C14H16N4OS/c1-7-4-5-9-10(6-7)20-13-11(9)12(19)17(3)14-16-15-8(2)18(13)14/h7H,4-6H2,1-3H3/t7-/m1/s1. The summed E-state index contributed by atoms with van der Waals surface area (Å²) in [6, 6.07) is 0. The highest BCUT2D eigenvalue weighted by atomic mass is 32.1. The molecule has 0 fully saturated rings. The average Bonchev–Trinajstić information content (AvgIpc) is 2.96. The Kier molecular flexibility index (Phi) is 2.36. The van der Waals surface area contributed by atoms with Crippen LogP contribution in [-0.2, 0) is 19.9 Å². The molecule has 0 saturated carbocycles. The normalized spacial score (nSPS) is 18.9. The Morgan fingerprint density at radius 3 is 2.95 bits per heavy atom. The highest BCUT2D eigenvalue weighted by molar-refractivity contribution is 7.18. The van der Waals surface area contributed by atoms with Gasteiger partial charge in [0.15, 0.2) is 0 Å². The molecule has 0 amide bonds. The predicted octanol–water partition coefficient (Wildman–Crippen LogP) is 2.08. The molecule has 3 heterocycles. The van der Waals surface area contributed by atoms with E-state index in [1.54, 1.807) is 23.0 Å². The summed E-state index contributed by atoms with van der Waals surface area (Å²) in [6.45, 7) is 4.22. The van der Waals surface area contributed by atoms with Crippen LogP contribution in [0.2, 0.25) is 0 Å². The molecular weight excluding hydrogens is 272 g/mol. The van der Waals surface area contributed by atoms with Crippen molar-refractivity contribution in [2.24, 2.45) is 13.0 Å². The Morgan fingerprint density at radius 1 is 1.35 bits per heavy atom. The van der Waals surface area contributed by atoms with Gasteiger partial charge in [0.05, 0.1) is 5.39 Å². The SMILES string of the molecule is Cc1nnc2n(C)c(=O)c3c4c(sc3n12)C[C@H](C)CC4. The van der Waals surface area contributed by atoms with Crippen molar-refractivity contribution < 1.29 is 0 Å². The molecule has 3 aromatic heterocycles. The van der Waals surface area contributed by atoms with E-state index in [0.717, 1.165) is 28.9 Å². The van der Waals surface area contributed by atoms with Crippen LogP contribution in [0.15, 0.2) is 4.79 Å². The maximum absolute atomic E-state index is 12.7. The van der Waals surface area contributed by atoms with Gasteiger partial charge in [-0.3, -0.25) is 13.8 Å². The van der Waals surface area contributed by atoms with E-state index >= 15 is 0 Å². The highest BCUT2D eigenvalue weighted by Crippen LogP contribution is 2.36. The van der Waals surface area contributed by atoms with Gasteiger partial charge in [-0.05, 0) is 37.7 Å². The Hall–Kier alpha value is -1.69. The number of hydrogen-bond donors (Lipinski definition) is 0. The fourth-order valence-corrected chi connectivity index (χ4v) is 4.73. The van der Waals surface area contributed by atoms with Crippen LogP contribution in [-0.4, -0.2) is 19.2 Å². The van der Waals surface area contributed by atoms with Crippen molar-refractivity contribution in [3.05, 3.63) is 26.6 Å². The van der Waals surface area contributed by atoms with E-state index in [0.29, 0.717) is 11.7 Å². The van der Waals surface area contributed by atoms with Crippen LogP contribution in [0.5, 0.6) is 0 Å². The number of fused-ring (bicyclic) bond motifs is 5. The molecule has 0 radical (unpaired) electrons. The molecule has 1 aliphatic rings. The second-order valence-corrected chi connectivity index (χ2v) is 6.86. The third-order valence-electron chi connectivity index (χ3n) is 4.32. The second-order valence-electron chi connectivity index (χ2n) is 5.78. The van der Waals surface area contributed by atoms with Crippen LogP contribution in [0.25, 0.3) is 16.0 Å². The van der Waals surface area contributed by atoms with Crippen molar-refractivity contribution in [3.8, 4) is 0 Å². The third kappa shape index (κ3) is 1.40. The van der Waals surface area contributed by atoms with Crippen molar-refractivity contribution in [1.82, 2.24) is 19.2 Å². The molecule has 5 nitrogen and oxygen atoms in total. The maximum Gasteiger partial charge on any atom is 0.263 e. The van der Waals surface area contributed by atoms with Crippen molar-refractivity contribution in [2.45, 2.75) is 33.1 Å². The van der Waals surface area contributed by atoms with Crippen molar-refractivity contribution in [1.29, 1.82) is 0 Å². The van der Waals surface area contributed by atoms with Gasteiger partial charge in [-0.2, -0.15) is 0 Å². The summed E-state index contributed by atoms with van der Waals surface area (Å²) in [5.41, 5.74) is 1.32. The number of hydrogen-bond acceptors (Lipinski definition) is 4. The van der Waals surface area contributed by atoms with Gasteiger partial charge >= 0.3 is 0 Å². The first-order valence-corrected chi connectivity index (χ1v) is 7.74. The lowest BCUT2D eigenvalue weighted by Crippen LogP contribution is -2.21. The lowest BCUT2D eigenvalue weighted by Gasteiger charge is -2.17. The summed E-state index contributed by atoms with van der Waals surface area (Å²) in [5, 5.41) is 9.15. The first-order chi connectivity index (χ1) is 9.58. The zero-order valence-corrected chi connectivity index (χ0v) is 12.6. The first kappa shape index (κ1) is 12.1. The van der Waals surface area contributed by atoms with Crippen molar-refractivity contribution >= 4 is 27.3 Å². The molecule has 20 heavy (non-hydrogen) atoms. The second kappa shape index (κ2) is 3.91. The van der Waals surface area contributed by atoms with Crippen LogP contribution in [0, 0.1) is 12.8 Å². The fraction of sp³-hybridized carbons (Fsp3) is 0.500. The van der Waals surface area contributed by atoms with Gasteiger partial charge < -0.3 is 0 Å². The van der Waals surface area contributed by atoms with Crippen LogP contribution in [0.1, 0.15) is 29.6 Å². The molecule has 1 atom stereocenters. The van der Waals surface area contributed by atoms with E-state index in [2.05, 4.69) is 17.1 Å². The summed E-state index contributed by atoms with van der Waals surface area (Å²) in [6.07, 6.45) is 3.26. The number of aromatic nitrogens is 4. The largest absolute Gasteiger partial charge is 0.279 e. The summed E-state index contributed by atoms with van der Waals surface area (Å²) in [7, 11) is 1.78. The van der Waals surface area contributed by atoms with E-state index in [-0.39, 0.29) is 5.56 Å². The van der Waals surface area contributed by atoms with E-state index in [1.165, 1.54) is 16.9 Å². The highest BCUT2D eigenvalue weighted by Gasteiger charge is 2.25. The Bertz CT molecular complexity index is 902. The molecule has 0 bridgehead atoms. The monoisotopic (exact) mass is 288 g/mol. The van der Waals surface area contributed by atoms with Gasteiger partial charge in [-0.15, -0.1) is 21.5 Å². The van der Waals surface area contributed by atoms with Gasteiger partial charge in [0.1, 0.15) is 10.7 Å². The predicted molar refractivity (Wildman–Crippen MR) is 79.5 cm³/mol. The first-order valence-electron chi connectivity index (χ1n) is 6.93. The minimum absolute atomic E-state index is 0.0620. The molecule has 0 N–H and O–H groups in total. The molecule has 3 aromatic rings. The summed E-state index contributed by atoms with van der Waals surface area (Å²) >= 11 is 1.74. The number of aryl methyl sites for hydroxylation is 3. The smallest absolute Gasteiger partial charge is 0.263 e. The number of rotatable bonds is 0. The number of nitrogens with zero attached hydrogens (tertiary/aromatic N) is 4. The topological polar surface area (TPSA) is 52.2 Å². The molecule has 6 heteroatoms. The van der Waals surface area contributed by atoms with Crippen LogP contribution in [0.4, 0.5) is 0 Å². The fourth-order valence-electron chi connectivity index (χ4n) is 3.18. The molecule has 104 valence electrons. The van der Waals surface area contributed by atoms with Crippen molar-refractivity contribution in [3.63, 3.8) is 0 Å². The molecule has 1 aliphatic carbocycles. The summed E-state index contributed by atoms with van der Waals surface area (Å²) in [4.78, 5) is 15.0. The third-order valence-corrected chi connectivity index (χ3v) is 5.56. The molecule has 0 aliphatic heterocycles. The Labute approximate surface area is 119 Å². The van der Waals surface area contributed by atoms with E-state index in [9.17, 15) is 4.79 Å². The molecular formula is C14H16N4OS. The minimum Gasteiger partial charge on any atom is -0.279 e. The molecule has 0 saturated heterocycles. The van der Waals surface area contributed by atoms with E-state index < -0.39 is 0 Å². The van der Waals surface area contributed by atoms with Gasteiger partial charge in [0.2, 0.25) is 5.78 Å². The van der Waals surface area contributed by atoms with Crippen LogP contribution >= 0.6 is 11.3 Å². The van der Waals surface area contributed by atoms with Gasteiger partial charge in [-0.1, -0.05) is 6.92 Å². The maximum atomic E-state index is 12.7. The Morgan fingerprint density at radius 2 is 2.15 bits per heavy atom. The lowest BCUT2D eigenvalue weighted by atomic mass is 9.89. The molecule has 4 rings (SSSR count). The van der Waals surface area contributed by atoms with E-state index in [1.807, 2.05) is 11.3 Å². The lowest BCUT2D eigenvalue weighted by molar-refractivity contribution is 0.509. The Balaban J connectivity index is 2.24. The minimum atomic E-state index is 0.0620. The molecule has 0 unspecified atom stereocenters. The van der Waals surface area contributed by atoms with Gasteiger partial charge in [0.25, 0.3) is 5.56 Å². The van der Waals surface area contributed by atoms with Gasteiger partial charge in [-0.25, -0.2) is 0 Å². The molecule has 0 aromatic carbocycles. The van der Waals surface area contributed by atoms with Crippen LogP contribution < -0.4 is 5.56 Å². The average molecular weight is 288 g/mol. The summed E-state index contributed by atoms with van der Waals surface area (Å²) in [5.74, 6) is 2.18. The van der Waals surface area contributed by atoms with Gasteiger partial charge in [0, 0.05) is 11.9 Å². The van der Waals surface area contributed by atoms with E-state index in [4.69, 9.17) is 0 Å². The quantitative estimate of drug-likeness (QED) is 0.636. The zero-order valence-electron chi connectivity index (χ0n) is 11.8. The van der Waals surface area contributed by atoms with Crippen LogP contribution in [0.3, 0.4) is 0 Å².